The number of aromatic amines is 1. The Hall–Kier alpha value is -3.68. The lowest BCUT2D eigenvalue weighted by Gasteiger charge is -2.25. The Balaban J connectivity index is 1.44. The van der Waals surface area contributed by atoms with E-state index in [4.69, 9.17) is 9.47 Å². The molecule has 1 amide bonds. The lowest BCUT2D eigenvalue weighted by Crippen LogP contribution is -2.37. The highest BCUT2D eigenvalue weighted by Crippen LogP contribution is 2.36. The number of methoxy groups -OCH3 is 1. The molecule has 0 spiro atoms. The first-order valence-electron chi connectivity index (χ1n) is 9.21. The number of para-hydroxylation sites is 1. The summed E-state index contributed by atoms with van der Waals surface area (Å²) in [6.07, 6.45) is 3.81. The van der Waals surface area contributed by atoms with Gasteiger partial charge in [0, 0.05) is 24.0 Å². The molecule has 1 aromatic carbocycles. The minimum atomic E-state index is -0.323. The average Bonchev–Trinajstić information content (AvgIpc) is 2.76. The van der Waals surface area contributed by atoms with E-state index < -0.39 is 0 Å². The second kappa shape index (κ2) is 8.14. The fourth-order valence-electron chi connectivity index (χ4n) is 3.29. The number of hydrogen-bond donors (Lipinski definition) is 2. The van der Waals surface area contributed by atoms with Gasteiger partial charge >= 0.3 is 0 Å². The van der Waals surface area contributed by atoms with E-state index in [0.717, 1.165) is 11.1 Å². The largest absolute Gasteiger partial charge is 0.493 e. The lowest BCUT2D eigenvalue weighted by molar-refractivity contribution is -0.126. The number of H-pyrrole nitrogens is 1. The molecular formula is C21H20N4O4. The second-order valence-electron chi connectivity index (χ2n) is 6.70. The highest BCUT2D eigenvalue weighted by molar-refractivity contribution is 5.79. The van der Waals surface area contributed by atoms with Crippen LogP contribution in [0.2, 0.25) is 0 Å². The molecule has 3 aromatic rings. The number of ether oxygens (including phenoxy) is 2. The smallest absolute Gasteiger partial charge is 0.251 e. The number of fused-ring (bicyclic) bond motifs is 1. The van der Waals surface area contributed by atoms with Crippen LogP contribution in [0.3, 0.4) is 0 Å². The van der Waals surface area contributed by atoms with E-state index in [1.54, 1.807) is 31.6 Å². The van der Waals surface area contributed by atoms with E-state index in [-0.39, 0.29) is 30.5 Å². The maximum atomic E-state index is 12.6. The average molecular weight is 392 g/mol. The molecule has 0 saturated heterocycles. The molecule has 0 radical (unpaired) electrons. The summed E-state index contributed by atoms with van der Waals surface area (Å²) in [6.45, 7) is 0.423. The van der Waals surface area contributed by atoms with Crippen LogP contribution in [-0.4, -0.2) is 34.6 Å². The Labute approximate surface area is 166 Å². The third-order valence-corrected chi connectivity index (χ3v) is 4.74. The molecule has 3 heterocycles. The van der Waals surface area contributed by atoms with Gasteiger partial charge in [0.25, 0.3) is 5.56 Å². The third-order valence-electron chi connectivity index (χ3n) is 4.74. The van der Waals surface area contributed by atoms with Crippen molar-refractivity contribution in [2.75, 3.05) is 13.7 Å². The van der Waals surface area contributed by atoms with Crippen LogP contribution >= 0.6 is 0 Å². The molecule has 8 heteroatoms. The number of benzene rings is 1. The quantitative estimate of drug-likeness (QED) is 0.685. The van der Waals surface area contributed by atoms with Gasteiger partial charge in [0.05, 0.1) is 25.3 Å². The van der Waals surface area contributed by atoms with E-state index >= 15 is 0 Å². The van der Waals surface area contributed by atoms with Crippen LogP contribution in [0.15, 0.2) is 53.6 Å². The summed E-state index contributed by atoms with van der Waals surface area (Å²) in [5.41, 5.74) is 1.88. The van der Waals surface area contributed by atoms with E-state index in [9.17, 15) is 9.59 Å². The summed E-state index contributed by atoms with van der Waals surface area (Å²) in [5, 5.41) is 2.86. The Bertz CT molecular complexity index is 1080. The maximum absolute atomic E-state index is 12.6. The van der Waals surface area contributed by atoms with E-state index in [0.29, 0.717) is 29.4 Å². The van der Waals surface area contributed by atoms with Gasteiger partial charge < -0.3 is 19.8 Å². The van der Waals surface area contributed by atoms with Gasteiger partial charge in [-0.25, -0.2) is 4.98 Å². The molecule has 8 nitrogen and oxygen atoms in total. The molecule has 0 saturated carbocycles. The number of hydrogen-bond acceptors (Lipinski definition) is 6. The van der Waals surface area contributed by atoms with Crippen molar-refractivity contribution in [1.29, 1.82) is 0 Å². The maximum Gasteiger partial charge on any atom is 0.251 e. The van der Waals surface area contributed by atoms with Crippen LogP contribution in [0.5, 0.6) is 11.5 Å². The first-order valence-corrected chi connectivity index (χ1v) is 9.21. The minimum absolute atomic E-state index is 0.147. The molecule has 148 valence electrons. The predicted octanol–water partition coefficient (Wildman–Crippen LogP) is 1.71. The number of aromatic nitrogens is 3. The zero-order chi connectivity index (χ0) is 20.2. The minimum Gasteiger partial charge on any atom is -0.493 e. The van der Waals surface area contributed by atoms with Crippen LogP contribution in [0.4, 0.5) is 0 Å². The van der Waals surface area contributed by atoms with Crippen molar-refractivity contribution < 1.29 is 14.3 Å². The first kappa shape index (κ1) is 18.7. The van der Waals surface area contributed by atoms with E-state index in [1.165, 1.54) is 6.07 Å². The first-order chi connectivity index (χ1) is 14.1. The molecular weight excluding hydrogens is 372 g/mol. The molecule has 1 aliphatic heterocycles. The normalized spacial score (nSPS) is 15.1. The van der Waals surface area contributed by atoms with Crippen LogP contribution in [0, 0.1) is 5.92 Å². The second-order valence-corrected chi connectivity index (χ2v) is 6.70. The third kappa shape index (κ3) is 4.11. The number of carbonyl (C=O) groups excluding carboxylic acids is 1. The van der Waals surface area contributed by atoms with Crippen molar-refractivity contribution in [3.63, 3.8) is 0 Å². The van der Waals surface area contributed by atoms with Gasteiger partial charge in [-0.3, -0.25) is 14.6 Å². The molecule has 0 fully saturated rings. The topological polar surface area (TPSA) is 106 Å². The fraction of sp³-hybridized carbons (Fsp3) is 0.238. The SMILES string of the molecule is COc1cccc2c1OC[C@H](C(=O)NCc1cc(=O)[nH]c(-c3ccncc3)n1)C2. The molecule has 2 aromatic heterocycles. The summed E-state index contributed by atoms with van der Waals surface area (Å²) in [6, 6.07) is 10.5. The van der Waals surface area contributed by atoms with Crippen molar-refractivity contribution >= 4 is 5.91 Å². The van der Waals surface area contributed by atoms with Gasteiger partial charge in [-0.2, -0.15) is 0 Å². The lowest BCUT2D eigenvalue weighted by atomic mass is 9.95. The molecule has 1 atom stereocenters. The van der Waals surface area contributed by atoms with Gasteiger partial charge in [0.15, 0.2) is 11.5 Å². The van der Waals surface area contributed by atoms with Crippen molar-refractivity contribution in [3.8, 4) is 22.9 Å². The van der Waals surface area contributed by atoms with Gasteiger partial charge in [-0.15, -0.1) is 0 Å². The summed E-state index contributed by atoms with van der Waals surface area (Å²) >= 11 is 0. The number of amides is 1. The van der Waals surface area contributed by atoms with Crippen LogP contribution in [0.1, 0.15) is 11.3 Å². The highest BCUT2D eigenvalue weighted by Gasteiger charge is 2.27. The summed E-state index contributed by atoms with van der Waals surface area (Å²) in [7, 11) is 1.59. The van der Waals surface area contributed by atoms with E-state index in [1.807, 2.05) is 18.2 Å². The number of carbonyl (C=O) groups is 1. The zero-order valence-electron chi connectivity index (χ0n) is 15.8. The number of nitrogens with one attached hydrogen (secondary N) is 2. The zero-order valence-corrected chi connectivity index (χ0v) is 15.8. The van der Waals surface area contributed by atoms with E-state index in [2.05, 4.69) is 20.3 Å². The fourth-order valence-corrected chi connectivity index (χ4v) is 3.29. The van der Waals surface area contributed by atoms with Crippen molar-refractivity contribution in [1.82, 2.24) is 20.3 Å². The molecule has 29 heavy (non-hydrogen) atoms. The number of nitrogens with zero attached hydrogens (tertiary/aromatic N) is 2. The highest BCUT2D eigenvalue weighted by atomic mass is 16.5. The Morgan fingerprint density at radius 1 is 1.31 bits per heavy atom. The molecule has 2 N–H and O–H groups in total. The monoisotopic (exact) mass is 392 g/mol. The summed E-state index contributed by atoms with van der Waals surface area (Å²) in [5.74, 6) is 1.32. The Morgan fingerprint density at radius 2 is 2.14 bits per heavy atom. The van der Waals surface area contributed by atoms with Crippen LogP contribution in [0.25, 0.3) is 11.4 Å². The van der Waals surface area contributed by atoms with Gasteiger partial charge in [0.2, 0.25) is 5.91 Å². The number of rotatable bonds is 5. The van der Waals surface area contributed by atoms with Crippen molar-refractivity contribution in [2.24, 2.45) is 5.92 Å². The van der Waals surface area contributed by atoms with Gasteiger partial charge in [-0.1, -0.05) is 12.1 Å². The molecule has 0 bridgehead atoms. The molecule has 0 unspecified atom stereocenters. The standard InChI is InChI=1S/C21H20N4O4/c1-28-17-4-2-3-14-9-15(12-29-19(14)17)21(27)23-11-16-10-18(26)25-20(24-16)13-5-7-22-8-6-13/h2-8,10,15H,9,11-12H2,1H3,(H,23,27)(H,24,25,26)/t15-/m1/s1. The van der Waals surface area contributed by atoms with Crippen molar-refractivity contribution in [3.05, 3.63) is 70.4 Å². The Morgan fingerprint density at radius 3 is 2.93 bits per heavy atom. The van der Waals surface area contributed by atoms with Gasteiger partial charge in [-0.05, 0) is 30.2 Å². The predicted molar refractivity (Wildman–Crippen MR) is 106 cm³/mol. The van der Waals surface area contributed by atoms with Crippen molar-refractivity contribution in [2.45, 2.75) is 13.0 Å². The molecule has 0 aliphatic carbocycles. The summed E-state index contributed by atoms with van der Waals surface area (Å²) in [4.78, 5) is 35.7. The number of pyridine rings is 1. The van der Waals surface area contributed by atoms with Crippen LogP contribution < -0.4 is 20.3 Å². The molecule has 1 aliphatic rings. The molecule has 4 rings (SSSR count). The Kier molecular flexibility index (Phi) is 5.24. The van der Waals surface area contributed by atoms with Gasteiger partial charge in [0.1, 0.15) is 12.4 Å². The summed E-state index contributed by atoms with van der Waals surface area (Å²) < 4.78 is 11.1. The van der Waals surface area contributed by atoms with Crippen LogP contribution in [-0.2, 0) is 17.8 Å².